The molecule has 0 saturated carbocycles. The van der Waals surface area contributed by atoms with Gasteiger partial charge in [-0.2, -0.15) is 5.26 Å². The summed E-state index contributed by atoms with van der Waals surface area (Å²) >= 11 is 0. The highest BCUT2D eigenvalue weighted by Crippen LogP contribution is 2.37. The normalized spacial score (nSPS) is 24.2. The van der Waals surface area contributed by atoms with E-state index < -0.39 is 101 Å². The van der Waals surface area contributed by atoms with E-state index >= 15 is 0 Å². The third kappa shape index (κ3) is 19.1. The van der Waals surface area contributed by atoms with E-state index in [1.807, 2.05) is 9.80 Å². The van der Waals surface area contributed by atoms with Gasteiger partial charge in [-0.25, -0.2) is 32.3 Å². The summed E-state index contributed by atoms with van der Waals surface area (Å²) in [5.74, 6) is -3.83. The average molecular weight is 1400 g/mol. The Kier molecular flexibility index (Phi) is 23.5. The van der Waals surface area contributed by atoms with E-state index in [-0.39, 0.29) is 78.8 Å². The smallest absolute Gasteiger partial charge is 0.408 e. The van der Waals surface area contributed by atoms with Crippen molar-refractivity contribution in [3.8, 4) is 6.07 Å². The van der Waals surface area contributed by atoms with Crippen molar-refractivity contribution < 1.29 is 80.4 Å². The third-order valence-electron chi connectivity index (χ3n) is 18.7. The minimum Gasteiger partial charge on any atom is -0.480 e. The van der Waals surface area contributed by atoms with Crippen molar-refractivity contribution in [2.75, 3.05) is 52.4 Å². The molecule has 0 spiro atoms. The Morgan fingerprint density at radius 2 is 0.870 bits per heavy atom. The summed E-state index contributed by atoms with van der Waals surface area (Å²) in [6.45, 7) is 19.1. The summed E-state index contributed by atoms with van der Waals surface area (Å²) in [6, 6.07) is 14.8. The number of carbonyl (C=O) groups is 10. The van der Waals surface area contributed by atoms with Crippen molar-refractivity contribution in [2.45, 2.75) is 210 Å². The van der Waals surface area contributed by atoms with Crippen molar-refractivity contribution in [2.24, 2.45) is 5.73 Å². The maximum absolute atomic E-state index is 13.6. The number of carbonyl (C=O) groups excluding carboxylic acids is 9. The van der Waals surface area contributed by atoms with E-state index in [4.69, 9.17) is 19.9 Å². The largest absolute Gasteiger partial charge is 0.480 e. The molecule has 8 heterocycles. The molecule has 0 aliphatic carbocycles. The van der Waals surface area contributed by atoms with Gasteiger partial charge in [-0.3, -0.25) is 43.5 Å². The van der Waals surface area contributed by atoms with Crippen molar-refractivity contribution in [3.63, 3.8) is 0 Å². The SMILES string of the molecule is CC(C)(C)OC(=O)N[C@@H](CN1C[C@@H]2C[C@H]1C(=O)N2Cc1cccc(F)c1)C(=O)N1CCC[C@H]1C#N.CC(C)(C)OC(=O)N[C@@H](CN1C[C@@H]2C[C@H]1C(=O)N2Cc1cccc(F)c1)C(=O)N1CCC[C@H]1C(N)=O.CC(C)(C)OC(=O)N[C@@H](CN1C[C@@H]2C[C@H]1C(=O)N2Cc1cccc(F)c1)C(=O)O. The highest BCUT2D eigenvalue weighted by Gasteiger charge is 2.54. The number of amides is 9. The highest BCUT2D eigenvalue weighted by atomic mass is 19.1. The predicted octanol–water partition coefficient (Wildman–Crippen LogP) is 4.59. The second-order valence-corrected chi connectivity index (χ2v) is 29.7. The maximum Gasteiger partial charge on any atom is 0.408 e. The number of hydrogen-bond donors (Lipinski definition) is 5. The van der Waals surface area contributed by atoms with Gasteiger partial charge in [-0.1, -0.05) is 36.4 Å². The molecule has 11 atom stereocenters. The van der Waals surface area contributed by atoms with Gasteiger partial charge in [0.25, 0.3) is 0 Å². The van der Waals surface area contributed by atoms with Crippen molar-refractivity contribution in [3.05, 3.63) is 107 Å². The molecule has 8 saturated heterocycles. The van der Waals surface area contributed by atoms with Gasteiger partial charge in [-0.05, 0) is 160 Å². The summed E-state index contributed by atoms with van der Waals surface area (Å²) in [5, 5.41) is 26.6. The van der Waals surface area contributed by atoms with Gasteiger partial charge < -0.3 is 65.5 Å². The van der Waals surface area contributed by atoms with Crippen LogP contribution < -0.4 is 21.7 Å². The number of aliphatic carboxylic acids is 1. The molecular formula is C70H92F3N13O14. The fraction of sp³-hybridized carbons (Fsp3) is 0.586. The number of carboxylic acids is 1. The first-order valence-corrected chi connectivity index (χ1v) is 33.9. The maximum atomic E-state index is 13.6. The number of nitriles is 1. The number of likely N-dealkylation sites (tertiary alicyclic amines) is 8. The monoisotopic (exact) mass is 1400 g/mol. The molecule has 27 nitrogen and oxygen atoms in total. The van der Waals surface area contributed by atoms with Crippen LogP contribution in [0.1, 0.15) is 124 Å². The molecule has 3 aromatic carbocycles. The molecule has 0 aromatic heterocycles. The zero-order chi connectivity index (χ0) is 72.9. The standard InChI is InChI=1S/C25H34FN5O5.C25H32FN5O4.C20H26FN3O5/c1-25(2,3)36-24(35)28-18(22(33)30-9-5-8-19(30)21(27)32)14-29-13-17-11-20(29)23(34)31(17)12-15-6-4-7-16(26)10-15;1-25(2,3)35-24(34)28-20(22(32)30-9-5-8-18(30)12-27)15-29-14-19-11-21(29)23(33)31(19)13-16-6-4-7-17(26)10-16;1-20(2,3)29-19(28)22-15(18(26)27)11-23-10-14-8-16(23)17(25)24(14)9-12-5-4-6-13(21)7-12/h4,6-7,10,17-20H,5,8-9,11-14H2,1-3H3,(H2,27,32)(H,28,35);4,6-7,10,18-21H,5,8-9,11,13-15H2,1-3H3,(H,28,34);4-7,14-16H,8-11H2,1-3H3,(H,22,28)(H,26,27)/t17-,18-,19-,20-;18-,19-,20-,21-;14-,15-,16-/m000/s1. The van der Waals surface area contributed by atoms with Gasteiger partial charge >= 0.3 is 24.2 Å². The van der Waals surface area contributed by atoms with Crippen LogP contribution in [0.5, 0.6) is 0 Å². The summed E-state index contributed by atoms with van der Waals surface area (Å²) in [4.78, 5) is 140. The van der Waals surface area contributed by atoms with Crippen LogP contribution in [0, 0.1) is 28.8 Å². The number of primary amides is 1. The van der Waals surface area contributed by atoms with Gasteiger partial charge in [0.05, 0.1) is 24.2 Å². The zero-order valence-electron chi connectivity index (χ0n) is 58.0. The minimum atomic E-state index is -1.19. The Labute approximate surface area is 579 Å². The van der Waals surface area contributed by atoms with Crippen LogP contribution in [-0.2, 0) is 67.4 Å². The van der Waals surface area contributed by atoms with E-state index in [0.717, 1.165) is 12.0 Å². The number of ether oxygens (including phenoxy) is 3. The van der Waals surface area contributed by atoms with Crippen LogP contribution >= 0.6 is 0 Å². The van der Waals surface area contributed by atoms with Gasteiger partial charge in [0.1, 0.15) is 64.5 Å². The molecule has 8 fully saturated rings. The number of nitrogens with one attached hydrogen (secondary N) is 3. The third-order valence-corrected chi connectivity index (χ3v) is 18.7. The number of carboxylic acid groups (broad SMARTS) is 1. The van der Waals surface area contributed by atoms with E-state index in [1.165, 1.54) is 46.2 Å². The first-order chi connectivity index (χ1) is 47.0. The number of hydrogen-bond acceptors (Lipinski definition) is 17. The summed E-state index contributed by atoms with van der Waals surface area (Å²) in [7, 11) is 0. The van der Waals surface area contributed by atoms with Crippen LogP contribution in [0.2, 0.25) is 0 Å². The summed E-state index contributed by atoms with van der Waals surface area (Å²) in [6.07, 6.45) is 1.96. The molecule has 6 bridgehead atoms. The van der Waals surface area contributed by atoms with Crippen LogP contribution in [0.3, 0.4) is 0 Å². The first kappa shape index (κ1) is 75.1. The molecule has 0 radical (unpaired) electrons. The van der Waals surface area contributed by atoms with Crippen molar-refractivity contribution in [1.82, 2.24) is 55.1 Å². The van der Waals surface area contributed by atoms with Gasteiger partial charge in [0, 0.05) is 90.1 Å². The quantitative estimate of drug-likeness (QED) is 0.102. The Morgan fingerprint density at radius 3 is 1.19 bits per heavy atom. The molecule has 8 aliphatic rings. The lowest BCUT2D eigenvalue weighted by Gasteiger charge is -2.36. The molecule has 6 N–H and O–H groups in total. The minimum absolute atomic E-state index is 0.00921. The zero-order valence-corrected chi connectivity index (χ0v) is 58.0. The topological polar surface area (TPSA) is 330 Å². The van der Waals surface area contributed by atoms with Crippen LogP contribution in [0.15, 0.2) is 72.8 Å². The molecular weight excluding hydrogens is 1300 g/mol. The molecule has 542 valence electrons. The lowest BCUT2D eigenvalue weighted by atomic mass is 10.1. The Balaban J connectivity index is 0.000000176. The summed E-state index contributed by atoms with van der Waals surface area (Å²) < 4.78 is 56.4. The van der Waals surface area contributed by atoms with E-state index in [9.17, 15) is 71.5 Å². The molecule has 9 amide bonds. The number of nitrogens with zero attached hydrogens (tertiary/aromatic N) is 9. The lowest BCUT2D eigenvalue weighted by Crippen LogP contribution is -2.59. The Bertz CT molecular complexity index is 3620. The van der Waals surface area contributed by atoms with Crippen LogP contribution in [-0.4, -0.2) is 240 Å². The number of nitrogens with two attached hydrogens (primary N) is 1. The fourth-order valence-corrected chi connectivity index (χ4v) is 14.4. The average Bonchev–Trinajstić information content (AvgIpc) is 1.62. The number of halogens is 3. The Morgan fingerprint density at radius 1 is 0.540 bits per heavy atom. The number of alkyl carbamates (subject to hydrolysis) is 3. The Hall–Kier alpha value is -9.08. The first-order valence-electron chi connectivity index (χ1n) is 33.9. The highest BCUT2D eigenvalue weighted by molar-refractivity contribution is 5.92. The van der Waals surface area contributed by atoms with Crippen molar-refractivity contribution in [1.29, 1.82) is 5.26 Å². The molecule has 100 heavy (non-hydrogen) atoms. The van der Waals surface area contributed by atoms with Crippen LogP contribution in [0.25, 0.3) is 0 Å². The predicted molar refractivity (Wildman–Crippen MR) is 354 cm³/mol. The molecule has 3 aromatic rings. The van der Waals surface area contributed by atoms with Gasteiger partial charge in [0.15, 0.2) is 0 Å². The molecule has 0 unspecified atom stereocenters. The summed E-state index contributed by atoms with van der Waals surface area (Å²) in [5.41, 5.74) is 5.42. The van der Waals surface area contributed by atoms with E-state index in [0.29, 0.717) is 102 Å². The number of rotatable bonds is 19. The van der Waals surface area contributed by atoms with E-state index in [2.05, 4.69) is 22.0 Å². The van der Waals surface area contributed by atoms with Gasteiger partial charge in [0.2, 0.25) is 35.4 Å². The lowest BCUT2D eigenvalue weighted by molar-refractivity contribution is -0.143. The van der Waals surface area contributed by atoms with Crippen LogP contribution in [0.4, 0.5) is 27.6 Å². The number of piperazine rings is 3. The number of benzene rings is 3. The van der Waals surface area contributed by atoms with Crippen molar-refractivity contribution >= 4 is 59.7 Å². The fourth-order valence-electron chi connectivity index (χ4n) is 14.4. The second kappa shape index (κ2) is 31.2. The van der Waals surface area contributed by atoms with E-state index in [1.54, 1.807) is 118 Å². The second-order valence-electron chi connectivity index (χ2n) is 29.7. The number of fused-ring (bicyclic) bond motifs is 6. The molecule has 30 heteroatoms. The molecule has 8 aliphatic heterocycles. The molecule has 11 rings (SSSR count). The van der Waals surface area contributed by atoms with Gasteiger partial charge in [-0.15, -0.1) is 0 Å².